The zero-order chi connectivity index (χ0) is 13.0. The Bertz CT molecular complexity index is 388. The Hall–Kier alpha value is -1.62. The van der Waals surface area contributed by atoms with Gasteiger partial charge in [0, 0.05) is 32.4 Å². The van der Waals surface area contributed by atoms with E-state index in [0.717, 1.165) is 32.0 Å². The van der Waals surface area contributed by atoms with E-state index in [4.69, 9.17) is 5.11 Å². The Morgan fingerprint density at radius 2 is 2.11 bits per heavy atom. The highest BCUT2D eigenvalue weighted by Crippen LogP contribution is 2.15. The third-order valence-electron chi connectivity index (χ3n) is 3.40. The molecule has 2 rings (SSSR count). The quantitative estimate of drug-likeness (QED) is 0.865. The van der Waals surface area contributed by atoms with Gasteiger partial charge in [-0.3, -0.25) is 9.69 Å². The van der Waals surface area contributed by atoms with Crippen LogP contribution in [0.3, 0.4) is 0 Å². The van der Waals surface area contributed by atoms with Gasteiger partial charge in [0.25, 0.3) is 0 Å². The Kier molecular flexibility index (Phi) is 4.15. The lowest BCUT2D eigenvalue weighted by molar-refractivity contribution is -0.143. The molecule has 1 aromatic heterocycles. The molecule has 2 heterocycles. The third-order valence-corrected chi connectivity index (χ3v) is 3.40. The number of aliphatic carboxylic acids is 1. The number of piperazine rings is 1. The molecule has 0 bridgehead atoms. The first-order chi connectivity index (χ1) is 8.72. The molecule has 1 aliphatic heterocycles. The van der Waals surface area contributed by atoms with E-state index in [1.807, 2.05) is 30.0 Å². The molecule has 0 saturated carbocycles. The highest BCUT2D eigenvalue weighted by molar-refractivity contribution is 5.73. The molecule has 1 N–H and O–H groups in total. The predicted octanol–water partition coefficient (Wildman–Crippen LogP) is 1.07. The van der Waals surface area contributed by atoms with E-state index >= 15 is 0 Å². The molecule has 5 nitrogen and oxygen atoms in total. The van der Waals surface area contributed by atoms with Crippen molar-refractivity contribution < 1.29 is 9.90 Å². The monoisotopic (exact) mass is 249 g/mol. The lowest BCUT2D eigenvalue weighted by atomic mass is 10.1. The summed E-state index contributed by atoms with van der Waals surface area (Å²) in [6.07, 6.45) is 2.44. The predicted molar refractivity (Wildman–Crippen MR) is 69.7 cm³/mol. The molecule has 5 heteroatoms. The van der Waals surface area contributed by atoms with Crippen LogP contribution < -0.4 is 4.90 Å². The van der Waals surface area contributed by atoms with Crippen LogP contribution in [0, 0.1) is 0 Å². The van der Waals surface area contributed by atoms with Crippen molar-refractivity contribution in [1.29, 1.82) is 0 Å². The molecule has 1 aliphatic rings. The lowest BCUT2D eigenvalue weighted by Crippen LogP contribution is -2.52. The van der Waals surface area contributed by atoms with Gasteiger partial charge in [-0.1, -0.05) is 13.0 Å². The second kappa shape index (κ2) is 5.82. The minimum absolute atomic E-state index is 0.351. The third kappa shape index (κ3) is 2.79. The first-order valence-corrected chi connectivity index (χ1v) is 6.35. The van der Waals surface area contributed by atoms with Gasteiger partial charge in [-0.25, -0.2) is 4.98 Å². The topological polar surface area (TPSA) is 56.7 Å². The number of aromatic nitrogens is 1. The lowest BCUT2D eigenvalue weighted by Gasteiger charge is -2.37. The minimum atomic E-state index is -0.719. The highest BCUT2D eigenvalue weighted by Gasteiger charge is 2.27. The fourth-order valence-electron chi connectivity index (χ4n) is 2.39. The molecule has 0 aromatic carbocycles. The number of carboxylic acids is 1. The molecule has 1 fully saturated rings. The van der Waals surface area contributed by atoms with E-state index in [0.29, 0.717) is 6.42 Å². The smallest absolute Gasteiger partial charge is 0.320 e. The first kappa shape index (κ1) is 12.8. The van der Waals surface area contributed by atoms with Crippen molar-refractivity contribution >= 4 is 11.8 Å². The highest BCUT2D eigenvalue weighted by atomic mass is 16.4. The summed E-state index contributed by atoms with van der Waals surface area (Å²) in [7, 11) is 0. The summed E-state index contributed by atoms with van der Waals surface area (Å²) in [5.41, 5.74) is 0. The summed E-state index contributed by atoms with van der Waals surface area (Å²) < 4.78 is 0. The average Bonchev–Trinajstić information content (AvgIpc) is 2.41. The van der Waals surface area contributed by atoms with Gasteiger partial charge in [0.15, 0.2) is 0 Å². The normalized spacial score (nSPS) is 18.6. The van der Waals surface area contributed by atoms with Crippen molar-refractivity contribution in [2.45, 2.75) is 19.4 Å². The van der Waals surface area contributed by atoms with E-state index in [9.17, 15) is 4.79 Å². The fraction of sp³-hybridized carbons (Fsp3) is 0.538. The number of hydrogen-bond acceptors (Lipinski definition) is 4. The largest absolute Gasteiger partial charge is 0.480 e. The Morgan fingerprint density at radius 3 is 2.61 bits per heavy atom. The zero-order valence-corrected chi connectivity index (χ0v) is 10.6. The molecule has 0 amide bonds. The molecule has 1 atom stereocenters. The van der Waals surface area contributed by atoms with Crippen LogP contribution >= 0.6 is 0 Å². The van der Waals surface area contributed by atoms with Crippen molar-refractivity contribution in [2.24, 2.45) is 0 Å². The summed E-state index contributed by atoms with van der Waals surface area (Å²) in [4.78, 5) is 19.7. The van der Waals surface area contributed by atoms with E-state index in [1.165, 1.54) is 0 Å². The SMILES string of the molecule is CC[C@@H](C(=O)O)N1CCN(c2ccccn2)CC1. The van der Waals surface area contributed by atoms with E-state index in [2.05, 4.69) is 9.88 Å². The Morgan fingerprint density at radius 1 is 1.39 bits per heavy atom. The maximum Gasteiger partial charge on any atom is 0.320 e. The molecule has 98 valence electrons. The zero-order valence-electron chi connectivity index (χ0n) is 10.6. The molecule has 18 heavy (non-hydrogen) atoms. The molecular formula is C13H19N3O2. The van der Waals surface area contributed by atoms with Gasteiger partial charge in [-0.2, -0.15) is 0 Å². The van der Waals surface area contributed by atoms with Gasteiger partial charge in [-0.15, -0.1) is 0 Å². The van der Waals surface area contributed by atoms with Crippen molar-refractivity contribution in [2.75, 3.05) is 31.1 Å². The van der Waals surface area contributed by atoms with Gasteiger partial charge in [0.2, 0.25) is 0 Å². The second-order valence-corrected chi connectivity index (χ2v) is 4.47. The molecular weight excluding hydrogens is 230 g/mol. The summed E-state index contributed by atoms with van der Waals surface area (Å²) in [5.74, 6) is 0.254. The van der Waals surface area contributed by atoms with E-state index < -0.39 is 5.97 Å². The van der Waals surface area contributed by atoms with E-state index in [1.54, 1.807) is 6.20 Å². The van der Waals surface area contributed by atoms with Crippen LogP contribution in [-0.2, 0) is 4.79 Å². The van der Waals surface area contributed by atoms with Gasteiger partial charge >= 0.3 is 5.97 Å². The maximum absolute atomic E-state index is 11.1. The summed E-state index contributed by atoms with van der Waals surface area (Å²) in [5, 5.41) is 9.14. The van der Waals surface area contributed by atoms with Gasteiger partial charge in [-0.05, 0) is 18.6 Å². The minimum Gasteiger partial charge on any atom is -0.480 e. The van der Waals surface area contributed by atoms with Crippen molar-refractivity contribution in [3.8, 4) is 0 Å². The maximum atomic E-state index is 11.1. The number of pyridine rings is 1. The Balaban J connectivity index is 1.94. The average molecular weight is 249 g/mol. The number of rotatable bonds is 4. The van der Waals surface area contributed by atoms with Crippen LogP contribution in [-0.4, -0.2) is 53.2 Å². The molecule has 1 saturated heterocycles. The second-order valence-electron chi connectivity index (χ2n) is 4.47. The molecule has 0 unspecified atom stereocenters. The van der Waals surface area contributed by atoms with Crippen molar-refractivity contribution in [1.82, 2.24) is 9.88 Å². The van der Waals surface area contributed by atoms with Crippen molar-refractivity contribution in [3.05, 3.63) is 24.4 Å². The number of anilines is 1. The summed E-state index contributed by atoms with van der Waals surface area (Å²) in [6, 6.07) is 5.51. The molecule has 0 radical (unpaired) electrons. The van der Waals surface area contributed by atoms with Gasteiger partial charge in [0.1, 0.15) is 11.9 Å². The summed E-state index contributed by atoms with van der Waals surface area (Å²) in [6.45, 7) is 5.15. The molecule has 0 aliphatic carbocycles. The van der Waals surface area contributed by atoms with Crippen LogP contribution in [0.2, 0.25) is 0 Å². The van der Waals surface area contributed by atoms with Gasteiger partial charge in [0.05, 0.1) is 0 Å². The number of carbonyl (C=O) groups is 1. The standard InChI is InChI=1S/C13H19N3O2/c1-2-11(13(17)18)15-7-9-16(10-8-15)12-5-3-4-6-14-12/h3-6,11H,2,7-10H2,1H3,(H,17,18)/t11-/m0/s1. The first-order valence-electron chi connectivity index (χ1n) is 6.35. The van der Waals surface area contributed by atoms with Crippen LogP contribution in [0.1, 0.15) is 13.3 Å². The number of nitrogens with zero attached hydrogens (tertiary/aromatic N) is 3. The van der Waals surface area contributed by atoms with E-state index in [-0.39, 0.29) is 6.04 Å². The van der Waals surface area contributed by atoms with Crippen LogP contribution in [0.5, 0.6) is 0 Å². The number of carboxylic acid groups (broad SMARTS) is 1. The van der Waals surface area contributed by atoms with Crippen LogP contribution in [0.25, 0.3) is 0 Å². The van der Waals surface area contributed by atoms with Crippen molar-refractivity contribution in [3.63, 3.8) is 0 Å². The Labute approximate surface area is 107 Å². The molecule has 0 spiro atoms. The number of hydrogen-bond donors (Lipinski definition) is 1. The summed E-state index contributed by atoms with van der Waals surface area (Å²) >= 11 is 0. The fourth-order valence-corrected chi connectivity index (χ4v) is 2.39. The van der Waals surface area contributed by atoms with Crippen LogP contribution in [0.4, 0.5) is 5.82 Å². The van der Waals surface area contributed by atoms with Crippen LogP contribution in [0.15, 0.2) is 24.4 Å². The molecule has 1 aromatic rings. The van der Waals surface area contributed by atoms with Gasteiger partial charge < -0.3 is 10.0 Å².